The number of fused-ring (bicyclic) bond motifs is 1. The third-order valence-electron chi connectivity index (χ3n) is 5.41. The van der Waals surface area contributed by atoms with Crippen molar-refractivity contribution in [2.24, 2.45) is 16.7 Å². The zero-order chi connectivity index (χ0) is 16.0. The molecule has 1 aromatic carbocycles. The molecule has 2 aliphatic rings. The van der Waals surface area contributed by atoms with Crippen molar-refractivity contribution in [1.29, 1.82) is 5.26 Å². The molecule has 0 fully saturated rings. The van der Waals surface area contributed by atoms with E-state index in [-0.39, 0.29) is 17.1 Å². The van der Waals surface area contributed by atoms with Crippen molar-refractivity contribution >= 4 is 11.4 Å². The highest BCUT2D eigenvalue weighted by Crippen LogP contribution is 2.55. The van der Waals surface area contributed by atoms with E-state index in [1.54, 1.807) is 0 Å². The van der Waals surface area contributed by atoms with Crippen LogP contribution in [0.25, 0.3) is 5.57 Å². The highest BCUT2D eigenvalue weighted by Gasteiger charge is 2.52. The van der Waals surface area contributed by atoms with E-state index in [2.05, 4.69) is 43.3 Å². The maximum atomic E-state index is 12.5. The van der Waals surface area contributed by atoms with E-state index in [0.29, 0.717) is 5.57 Å². The standard InChI is InChI=1S/C20H21NO/c1-19(2)17-10-9-15(14-7-5-4-6-8-14)11-20(17,3)12-16(13-21)18(19)22/h4-9,12,17H,10-11H2,1-3H3/t17-,20+/m0/s1. The summed E-state index contributed by atoms with van der Waals surface area (Å²) in [6.45, 7) is 6.17. The van der Waals surface area contributed by atoms with Crippen molar-refractivity contribution in [2.45, 2.75) is 33.6 Å². The predicted molar refractivity (Wildman–Crippen MR) is 87.7 cm³/mol. The number of ketones is 1. The van der Waals surface area contributed by atoms with Crippen LogP contribution in [0.3, 0.4) is 0 Å². The van der Waals surface area contributed by atoms with Gasteiger partial charge in [-0.05, 0) is 35.3 Å². The second kappa shape index (κ2) is 4.95. The summed E-state index contributed by atoms with van der Waals surface area (Å²) in [5, 5.41) is 9.33. The molecule has 112 valence electrons. The molecule has 0 spiro atoms. The van der Waals surface area contributed by atoms with Crippen LogP contribution in [0.4, 0.5) is 0 Å². The summed E-state index contributed by atoms with van der Waals surface area (Å²) < 4.78 is 0. The van der Waals surface area contributed by atoms with E-state index in [0.717, 1.165) is 12.8 Å². The minimum Gasteiger partial charge on any atom is -0.293 e. The zero-order valence-corrected chi connectivity index (χ0v) is 13.4. The molecule has 0 heterocycles. The van der Waals surface area contributed by atoms with Crippen LogP contribution in [0.5, 0.6) is 0 Å². The summed E-state index contributed by atoms with van der Waals surface area (Å²) >= 11 is 0. The van der Waals surface area contributed by atoms with Gasteiger partial charge in [-0.15, -0.1) is 0 Å². The first kappa shape index (κ1) is 14.8. The lowest BCUT2D eigenvalue weighted by Gasteiger charge is -2.49. The Balaban J connectivity index is 2.06. The molecule has 0 amide bonds. The lowest BCUT2D eigenvalue weighted by atomic mass is 9.52. The fourth-order valence-electron chi connectivity index (χ4n) is 4.26. The smallest absolute Gasteiger partial charge is 0.178 e. The van der Waals surface area contributed by atoms with Gasteiger partial charge < -0.3 is 0 Å². The summed E-state index contributed by atoms with van der Waals surface area (Å²) in [6.07, 6.45) is 5.97. The van der Waals surface area contributed by atoms with E-state index in [9.17, 15) is 10.1 Å². The van der Waals surface area contributed by atoms with Crippen molar-refractivity contribution in [2.75, 3.05) is 0 Å². The summed E-state index contributed by atoms with van der Waals surface area (Å²) in [5.41, 5.74) is 2.27. The Bertz CT molecular complexity index is 718. The van der Waals surface area contributed by atoms with Gasteiger partial charge in [-0.3, -0.25) is 4.79 Å². The molecule has 0 aliphatic heterocycles. The average molecular weight is 291 g/mol. The number of hydrogen-bond donors (Lipinski definition) is 0. The molecule has 2 nitrogen and oxygen atoms in total. The van der Waals surface area contributed by atoms with Gasteiger partial charge in [-0.25, -0.2) is 0 Å². The summed E-state index contributed by atoms with van der Waals surface area (Å²) in [4.78, 5) is 12.5. The second-order valence-electron chi connectivity index (χ2n) is 7.29. The lowest BCUT2D eigenvalue weighted by Crippen LogP contribution is -2.47. The number of hydrogen-bond acceptors (Lipinski definition) is 2. The molecular weight excluding hydrogens is 270 g/mol. The predicted octanol–water partition coefficient (Wildman–Crippen LogP) is 4.55. The summed E-state index contributed by atoms with van der Waals surface area (Å²) in [7, 11) is 0. The first-order valence-corrected chi connectivity index (χ1v) is 7.81. The Kier molecular flexibility index (Phi) is 3.33. The maximum absolute atomic E-state index is 12.5. The number of nitrogens with zero attached hydrogens (tertiary/aromatic N) is 1. The number of carbonyl (C=O) groups is 1. The fourth-order valence-corrected chi connectivity index (χ4v) is 4.26. The SMILES string of the molecule is CC1(C)C(=O)C(C#N)=C[C@@]2(C)CC(c3ccccc3)=CC[C@@H]12. The van der Waals surface area contributed by atoms with Gasteiger partial charge in [0.15, 0.2) is 5.78 Å². The van der Waals surface area contributed by atoms with Crippen LogP contribution in [0, 0.1) is 28.1 Å². The highest BCUT2D eigenvalue weighted by atomic mass is 16.1. The molecule has 3 rings (SSSR count). The van der Waals surface area contributed by atoms with Crippen molar-refractivity contribution in [3.05, 3.63) is 53.6 Å². The summed E-state index contributed by atoms with van der Waals surface area (Å²) in [5.74, 6) is 0.242. The van der Waals surface area contributed by atoms with Gasteiger partial charge in [0.1, 0.15) is 6.07 Å². The van der Waals surface area contributed by atoms with Gasteiger partial charge >= 0.3 is 0 Å². The minimum atomic E-state index is -0.479. The first-order chi connectivity index (χ1) is 10.4. The molecule has 1 aromatic rings. The van der Waals surface area contributed by atoms with E-state index >= 15 is 0 Å². The monoisotopic (exact) mass is 291 g/mol. The number of Topliss-reactive ketones (excluding diaryl/α,β-unsaturated/α-hetero) is 1. The molecule has 0 saturated heterocycles. The Hall–Kier alpha value is -2.14. The highest BCUT2D eigenvalue weighted by molar-refractivity contribution is 6.04. The molecule has 2 aliphatic carbocycles. The Morgan fingerprint density at radius 1 is 1.18 bits per heavy atom. The molecule has 0 radical (unpaired) electrons. The molecule has 0 unspecified atom stereocenters. The van der Waals surface area contributed by atoms with Crippen LogP contribution in [0.1, 0.15) is 39.2 Å². The number of nitriles is 1. The van der Waals surface area contributed by atoms with Crippen LogP contribution < -0.4 is 0 Å². The van der Waals surface area contributed by atoms with Crippen molar-refractivity contribution in [3.8, 4) is 6.07 Å². The molecule has 2 atom stereocenters. The topological polar surface area (TPSA) is 40.9 Å². The van der Waals surface area contributed by atoms with Crippen molar-refractivity contribution < 1.29 is 4.79 Å². The third-order valence-corrected chi connectivity index (χ3v) is 5.41. The Morgan fingerprint density at radius 3 is 2.50 bits per heavy atom. The van der Waals surface area contributed by atoms with Crippen LogP contribution >= 0.6 is 0 Å². The molecular formula is C20H21NO. The van der Waals surface area contributed by atoms with Gasteiger partial charge in [-0.2, -0.15) is 5.26 Å². The zero-order valence-electron chi connectivity index (χ0n) is 13.4. The van der Waals surface area contributed by atoms with Crippen LogP contribution in [-0.4, -0.2) is 5.78 Å². The molecule has 0 aromatic heterocycles. The molecule has 22 heavy (non-hydrogen) atoms. The molecule has 0 saturated carbocycles. The molecule has 2 heteroatoms. The van der Waals surface area contributed by atoms with E-state index in [1.807, 2.05) is 26.0 Å². The molecule has 0 bridgehead atoms. The van der Waals surface area contributed by atoms with Crippen LogP contribution in [0.15, 0.2) is 48.1 Å². The quantitative estimate of drug-likeness (QED) is 0.762. The number of rotatable bonds is 1. The van der Waals surface area contributed by atoms with Gasteiger partial charge in [0.2, 0.25) is 0 Å². The number of allylic oxidation sites excluding steroid dienone is 4. The third kappa shape index (κ3) is 2.13. The molecule has 0 N–H and O–H groups in total. The van der Waals surface area contributed by atoms with Crippen molar-refractivity contribution in [1.82, 2.24) is 0 Å². The van der Waals surface area contributed by atoms with Gasteiger partial charge in [0.05, 0.1) is 5.57 Å². The van der Waals surface area contributed by atoms with Gasteiger partial charge in [0, 0.05) is 5.41 Å². The number of carbonyl (C=O) groups excluding carboxylic acids is 1. The van der Waals surface area contributed by atoms with Crippen molar-refractivity contribution in [3.63, 3.8) is 0 Å². The Morgan fingerprint density at radius 2 is 1.86 bits per heavy atom. The second-order valence-corrected chi connectivity index (χ2v) is 7.29. The van der Waals surface area contributed by atoms with Gasteiger partial charge in [0.25, 0.3) is 0 Å². The van der Waals surface area contributed by atoms with E-state index in [4.69, 9.17) is 0 Å². The first-order valence-electron chi connectivity index (χ1n) is 7.81. The van der Waals surface area contributed by atoms with Crippen LogP contribution in [-0.2, 0) is 4.79 Å². The van der Waals surface area contributed by atoms with Crippen LogP contribution in [0.2, 0.25) is 0 Å². The van der Waals surface area contributed by atoms with E-state index in [1.165, 1.54) is 11.1 Å². The largest absolute Gasteiger partial charge is 0.293 e. The van der Waals surface area contributed by atoms with Gasteiger partial charge in [-0.1, -0.05) is 63.3 Å². The minimum absolute atomic E-state index is 0.00552. The maximum Gasteiger partial charge on any atom is 0.178 e. The average Bonchev–Trinajstić information content (AvgIpc) is 2.51. The lowest BCUT2D eigenvalue weighted by molar-refractivity contribution is -0.129. The van der Waals surface area contributed by atoms with E-state index < -0.39 is 5.41 Å². The fraction of sp³-hybridized carbons (Fsp3) is 0.400. The number of benzene rings is 1. The normalized spacial score (nSPS) is 29.9. The Labute approximate surface area is 132 Å². The summed E-state index contributed by atoms with van der Waals surface area (Å²) in [6, 6.07) is 12.5.